The lowest BCUT2D eigenvalue weighted by molar-refractivity contribution is 0.103. The standard InChI is InChI=1S/C21H18ClN3O2S/c1-3-27-17-10-6-15(7-11-17)23-20(26)19-12-18-13(2)24-25(21(18)28-19)16-8-4-14(22)5-9-16/h4-12H,3H2,1-2H3,(H,23,26). The third-order valence-corrected chi connectivity index (χ3v) is 5.62. The fraction of sp³-hybridized carbons (Fsp3) is 0.143. The normalized spacial score (nSPS) is 11.0. The summed E-state index contributed by atoms with van der Waals surface area (Å²) >= 11 is 7.40. The van der Waals surface area contributed by atoms with Crippen LogP contribution in [0.2, 0.25) is 5.02 Å². The molecule has 0 radical (unpaired) electrons. The Kier molecular flexibility index (Phi) is 5.07. The summed E-state index contributed by atoms with van der Waals surface area (Å²) in [7, 11) is 0. The number of carbonyl (C=O) groups is 1. The highest BCUT2D eigenvalue weighted by molar-refractivity contribution is 7.20. The summed E-state index contributed by atoms with van der Waals surface area (Å²) in [5.74, 6) is 0.633. The summed E-state index contributed by atoms with van der Waals surface area (Å²) in [6, 6.07) is 16.7. The zero-order valence-electron chi connectivity index (χ0n) is 15.4. The molecule has 4 aromatic rings. The van der Waals surface area contributed by atoms with Crippen molar-refractivity contribution >= 4 is 44.7 Å². The number of ether oxygens (including phenoxy) is 1. The van der Waals surface area contributed by atoms with Crippen LogP contribution in [0.5, 0.6) is 5.75 Å². The van der Waals surface area contributed by atoms with Gasteiger partial charge in [-0.05, 0) is 68.4 Å². The Bertz CT molecular complexity index is 1130. The van der Waals surface area contributed by atoms with Gasteiger partial charge in [-0.25, -0.2) is 4.68 Å². The second-order valence-corrected chi connectivity index (χ2v) is 7.68. The van der Waals surface area contributed by atoms with Crippen molar-refractivity contribution in [2.24, 2.45) is 0 Å². The number of carbonyl (C=O) groups excluding carboxylic acids is 1. The van der Waals surface area contributed by atoms with E-state index < -0.39 is 0 Å². The summed E-state index contributed by atoms with van der Waals surface area (Å²) in [6.07, 6.45) is 0. The van der Waals surface area contributed by atoms with Crippen LogP contribution in [0.4, 0.5) is 5.69 Å². The minimum atomic E-state index is -0.146. The number of hydrogen-bond donors (Lipinski definition) is 1. The average Bonchev–Trinajstić information content (AvgIpc) is 3.25. The molecule has 5 nitrogen and oxygen atoms in total. The van der Waals surface area contributed by atoms with Crippen LogP contribution >= 0.6 is 22.9 Å². The smallest absolute Gasteiger partial charge is 0.265 e. The van der Waals surface area contributed by atoms with Crippen molar-refractivity contribution in [1.29, 1.82) is 0 Å². The number of aromatic nitrogens is 2. The average molecular weight is 412 g/mol. The van der Waals surface area contributed by atoms with E-state index in [1.807, 2.05) is 73.1 Å². The van der Waals surface area contributed by atoms with Crippen molar-refractivity contribution in [3.05, 3.63) is 70.2 Å². The van der Waals surface area contributed by atoms with E-state index in [9.17, 15) is 4.79 Å². The zero-order chi connectivity index (χ0) is 19.7. The number of thiophene rings is 1. The summed E-state index contributed by atoms with van der Waals surface area (Å²) < 4.78 is 7.27. The summed E-state index contributed by atoms with van der Waals surface area (Å²) in [4.78, 5) is 14.3. The molecular weight excluding hydrogens is 394 g/mol. The third kappa shape index (κ3) is 3.61. The van der Waals surface area contributed by atoms with Crippen molar-refractivity contribution < 1.29 is 9.53 Å². The number of halogens is 1. The summed E-state index contributed by atoms with van der Waals surface area (Å²) in [5.41, 5.74) is 2.51. The first-order valence-electron chi connectivity index (χ1n) is 8.84. The number of hydrogen-bond acceptors (Lipinski definition) is 4. The maximum absolute atomic E-state index is 12.7. The van der Waals surface area contributed by atoms with E-state index >= 15 is 0 Å². The quantitative estimate of drug-likeness (QED) is 0.458. The highest BCUT2D eigenvalue weighted by Crippen LogP contribution is 2.31. The maximum Gasteiger partial charge on any atom is 0.265 e. The molecule has 0 fully saturated rings. The number of rotatable bonds is 5. The summed E-state index contributed by atoms with van der Waals surface area (Å²) in [5, 5.41) is 9.17. The van der Waals surface area contributed by atoms with Gasteiger partial charge in [0.1, 0.15) is 10.6 Å². The van der Waals surface area contributed by atoms with Crippen LogP contribution in [0, 0.1) is 6.92 Å². The SMILES string of the molecule is CCOc1ccc(NC(=O)c2cc3c(C)nn(-c4ccc(Cl)cc4)c3s2)cc1. The molecule has 142 valence electrons. The molecule has 0 saturated heterocycles. The first-order valence-corrected chi connectivity index (χ1v) is 10.0. The van der Waals surface area contributed by atoms with Crippen LogP contribution in [-0.4, -0.2) is 22.3 Å². The van der Waals surface area contributed by atoms with E-state index in [1.54, 1.807) is 0 Å². The zero-order valence-corrected chi connectivity index (χ0v) is 17.0. The molecule has 0 aliphatic carbocycles. The van der Waals surface area contributed by atoms with Crippen LogP contribution in [-0.2, 0) is 0 Å². The third-order valence-electron chi connectivity index (χ3n) is 4.26. The molecule has 0 aliphatic rings. The monoisotopic (exact) mass is 411 g/mol. The van der Waals surface area contributed by atoms with Gasteiger partial charge in [0.15, 0.2) is 0 Å². The number of fused-ring (bicyclic) bond motifs is 1. The number of anilines is 1. The lowest BCUT2D eigenvalue weighted by atomic mass is 10.2. The molecule has 0 bridgehead atoms. The molecule has 0 spiro atoms. The van der Waals surface area contributed by atoms with Crippen LogP contribution in [0.1, 0.15) is 22.3 Å². The lowest BCUT2D eigenvalue weighted by Gasteiger charge is -2.06. The Morgan fingerprint density at radius 3 is 2.57 bits per heavy atom. The minimum absolute atomic E-state index is 0.146. The molecule has 4 rings (SSSR count). The van der Waals surface area contributed by atoms with Crippen LogP contribution in [0.25, 0.3) is 15.9 Å². The predicted molar refractivity (Wildman–Crippen MR) is 114 cm³/mol. The molecule has 0 atom stereocenters. The van der Waals surface area contributed by atoms with E-state index in [0.717, 1.165) is 33.0 Å². The number of benzene rings is 2. The number of nitrogens with one attached hydrogen (secondary N) is 1. The molecule has 0 unspecified atom stereocenters. The number of aryl methyl sites for hydroxylation is 1. The number of nitrogens with zero attached hydrogens (tertiary/aromatic N) is 2. The Labute approximate surface area is 171 Å². The second-order valence-electron chi connectivity index (χ2n) is 6.21. The van der Waals surface area contributed by atoms with Gasteiger partial charge in [0.05, 0.1) is 22.9 Å². The van der Waals surface area contributed by atoms with Gasteiger partial charge in [0.25, 0.3) is 5.91 Å². The Balaban J connectivity index is 1.61. The van der Waals surface area contributed by atoms with Gasteiger partial charge in [-0.1, -0.05) is 11.6 Å². The van der Waals surface area contributed by atoms with Crippen LogP contribution < -0.4 is 10.1 Å². The van der Waals surface area contributed by atoms with Crippen molar-refractivity contribution in [1.82, 2.24) is 9.78 Å². The molecule has 7 heteroatoms. The van der Waals surface area contributed by atoms with Gasteiger partial charge in [0.2, 0.25) is 0 Å². The Morgan fingerprint density at radius 1 is 1.18 bits per heavy atom. The fourth-order valence-electron chi connectivity index (χ4n) is 2.91. The molecule has 0 aliphatic heterocycles. The fourth-order valence-corrected chi connectivity index (χ4v) is 4.11. The molecule has 0 saturated carbocycles. The van der Waals surface area contributed by atoms with Crippen molar-refractivity contribution in [3.8, 4) is 11.4 Å². The van der Waals surface area contributed by atoms with Crippen molar-refractivity contribution in [3.63, 3.8) is 0 Å². The van der Waals surface area contributed by atoms with Gasteiger partial charge >= 0.3 is 0 Å². The molecule has 1 amide bonds. The minimum Gasteiger partial charge on any atom is -0.494 e. The van der Waals surface area contributed by atoms with E-state index in [2.05, 4.69) is 10.4 Å². The van der Waals surface area contributed by atoms with E-state index in [1.165, 1.54) is 11.3 Å². The van der Waals surface area contributed by atoms with Crippen molar-refractivity contribution in [2.45, 2.75) is 13.8 Å². The van der Waals surface area contributed by atoms with Crippen LogP contribution in [0.15, 0.2) is 54.6 Å². The maximum atomic E-state index is 12.7. The van der Waals surface area contributed by atoms with Gasteiger partial charge in [-0.15, -0.1) is 11.3 Å². The molecular formula is C21H18ClN3O2S. The largest absolute Gasteiger partial charge is 0.494 e. The van der Waals surface area contributed by atoms with Gasteiger partial charge in [0, 0.05) is 16.1 Å². The molecule has 2 aromatic carbocycles. The summed E-state index contributed by atoms with van der Waals surface area (Å²) in [6.45, 7) is 4.48. The highest BCUT2D eigenvalue weighted by Gasteiger charge is 2.17. The van der Waals surface area contributed by atoms with E-state index in [-0.39, 0.29) is 5.91 Å². The van der Waals surface area contributed by atoms with Gasteiger partial charge < -0.3 is 10.1 Å². The Hall–Kier alpha value is -2.83. The molecule has 1 N–H and O–H groups in total. The first-order chi connectivity index (χ1) is 13.5. The van der Waals surface area contributed by atoms with Gasteiger partial charge in [-0.2, -0.15) is 5.10 Å². The highest BCUT2D eigenvalue weighted by atomic mass is 35.5. The second kappa shape index (κ2) is 7.66. The number of amides is 1. The van der Waals surface area contributed by atoms with E-state index in [4.69, 9.17) is 16.3 Å². The topological polar surface area (TPSA) is 56.1 Å². The lowest BCUT2D eigenvalue weighted by Crippen LogP contribution is -2.10. The first kappa shape index (κ1) is 18.5. The van der Waals surface area contributed by atoms with Gasteiger partial charge in [-0.3, -0.25) is 4.79 Å². The Morgan fingerprint density at radius 2 is 1.89 bits per heavy atom. The van der Waals surface area contributed by atoms with E-state index in [0.29, 0.717) is 16.5 Å². The van der Waals surface area contributed by atoms with Crippen LogP contribution in [0.3, 0.4) is 0 Å². The molecule has 28 heavy (non-hydrogen) atoms. The predicted octanol–water partition coefficient (Wildman–Crippen LogP) is 5.70. The van der Waals surface area contributed by atoms with Crippen molar-refractivity contribution in [2.75, 3.05) is 11.9 Å². The molecule has 2 aromatic heterocycles. The molecule has 2 heterocycles.